The molecule has 2 N–H and O–H groups in total. The summed E-state index contributed by atoms with van der Waals surface area (Å²) < 4.78 is 0. The number of carbonyl (C=O) groups excluding carboxylic acids is 1. The standard InChI is InChI=1S/C14H17N3O/c15-9-8-13(11-4-2-1-3-5-11)16-10-12-6-7-14(18)17-12/h1-5,12-13,16H,6-8,10H2,(H,17,18). The Labute approximate surface area is 107 Å². The summed E-state index contributed by atoms with van der Waals surface area (Å²) in [4.78, 5) is 11.1. The summed E-state index contributed by atoms with van der Waals surface area (Å²) in [5.41, 5.74) is 1.11. The lowest BCUT2D eigenvalue weighted by molar-refractivity contribution is -0.119. The van der Waals surface area contributed by atoms with Gasteiger partial charge in [-0.1, -0.05) is 30.3 Å². The molecule has 0 spiro atoms. The third kappa shape index (κ3) is 3.31. The van der Waals surface area contributed by atoms with Crippen LogP contribution in [-0.2, 0) is 4.79 Å². The Hall–Kier alpha value is -1.86. The molecule has 2 unspecified atom stereocenters. The smallest absolute Gasteiger partial charge is 0.220 e. The molecule has 1 amide bonds. The van der Waals surface area contributed by atoms with Crippen LogP contribution in [0.2, 0.25) is 0 Å². The molecule has 0 saturated carbocycles. The first-order chi connectivity index (χ1) is 8.79. The molecule has 0 aliphatic carbocycles. The first-order valence-electron chi connectivity index (χ1n) is 6.24. The molecule has 0 aromatic heterocycles. The van der Waals surface area contributed by atoms with E-state index in [1.54, 1.807) is 0 Å². The van der Waals surface area contributed by atoms with Crippen LogP contribution >= 0.6 is 0 Å². The Bertz CT molecular complexity index is 438. The maximum atomic E-state index is 11.1. The van der Waals surface area contributed by atoms with E-state index in [2.05, 4.69) is 16.7 Å². The third-order valence-electron chi connectivity index (χ3n) is 3.19. The van der Waals surface area contributed by atoms with Crippen LogP contribution in [0.25, 0.3) is 0 Å². The fraction of sp³-hybridized carbons (Fsp3) is 0.429. The minimum atomic E-state index is 0.0358. The van der Waals surface area contributed by atoms with E-state index in [4.69, 9.17) is 5.26 Å². The van der Waals surface area contributed by atoms with Crippen molar-refractivity contribution >= 4 is 5.91 Å². The van der Waals surface area contributed by atoms with Crippen molar-refractivity contribution in [3.05, 3.63) is 35.9 Å². The van der Waals surface area contributed by atoms with Crippen LogP contribution in [0, 0.1) is 11.3 Å². The predicted octanol–water partition coefficient (Wildman–Crippen LogP) is 1.51. The van der Waals surface area contributed by atoms with E-state index >= 15 is 0 Å². The van der Waals surface area contributed by atoms with Gasteiger partial charge in [0.25, 0.3) is 0 Å². The molecule has 2 atom stereocenters. The highest BCUT2D eigenvalue weighted by atomic mass is 16.1. The third-order valence-corrected chi connectivity index (χ3v) is 3.19. The van der Waals surface area contributed by atoms with Gasteiger partial charge in [-0.2, -0.15) is 5.26 Å². The van der Waals surface area contributed by atoms with Crippen molar-refractivity contribution in [2.24, 2.45) is 0 Å². The van der Waals surface area contributed by atoms with Gasteiger partial charge in [0.05, 0.1) is 12.5 Å². The number of benzene rings is 1. The summed E-state index contributed by atoms with van der Waals surface area (Å²) in [6.45, 7) is 0.715. The van der Waals surface area contributed by atoms with Crippen molar-refractivity contribution in [2.45, 2.75) is 31.3 Å². The number of hydrogen-bond donors (Lipinski definition) is 2. The van der Waals surface area contributed by atoms with Gasteiger partial charge in [-0.3, -0.25) is 4.79 Å². The Morgan fingerprint density at radius 2 is 2.22 bits per heavy atom. The number of hydrogen-bond acceptors (Lipinski definition) is 3. The van der Waals surface area contributed by atoms with Crippen LogP contribution in [0.15, 0.2) is 30.3 Å². The van der Waals surface area contributed by atoms with Crippen molar-refractivity contribution in [2.75, 3.05) is 6.54 Å². The van der Waals surface area contributed by atoms with Crippen molar-refractivity contribution in [1.29, 1.82) is 5.26 Å². The Kier molecular flexibility index (Phi) is 4.32. The van der Waals surface area contributed by atoms with E-state index in [-0.39, 0.29) is 18.0 Å². The highest BCUT2D eigenvalue weighted by Crippen LogP contribution is 2.16. The van der Waals surface area contributed by atoms with Gasteiger partial charge in [0.1, 0.15) is 0 Å². The molecule has 18 heavy (non-hydrogen) atoms. The first-order valence-corrected chi connectivity index (χ1v) is 6.24. The summed E-state index contributed by atoms with van der Waals surface area (Å²) in [5, 5.41) is 15.2. The molecule has 1 saturated heterocycles. The normalized spacial score (nSPS) is 20.2. The Balaban J connectivity index is 1.91. The molecule has 1 fully saturated rings. The van der Waals surface area contributed by atoms with E-state index in [9.17, 15) is 4.79 Å². The number of nitrogens with zero attached hydrogens (tertiary/aromatic N) is 1. The lowest BCUT2D eigenvalue weighted by Gasteiger charge is -2.19. The molecule has 1 aliphatic rings. The van der Waals surface area contributed by atoms with E-state index in [1.807, 2.05) is 30.3 Å². The zero-order valence-corrected chi connectivity index (χ0v) is 10.2. The Morgan fingerprint density at radius 1 is 1.44 bits per heavy atom. The molecule has 4 heteroatoms. The largest absolute Gasteiger partial charge is 0.352 e. The number of nitriles is 1. The zero-order chi connectivity index (χ0) is 12.8. The van der Waals surface area contributed by atoms with Gasteiger partial charge in [0.15, 0.2) is 0 Å². The molecule has 1 aromatic rings. The lowest BCUT2D eigenvalue weighted by atomic mass is 10.0. The molecule has 1 aliphatic heterocycles. The summed E-state index contributed by atoms with van der Waals surface area (Å²) in [6.07, 6.45) is 1.92. The maximum absolute atomic E-state index is 11.1. The average Bonchev–Trinajstić information content (AvgIpc) is 2.81. The second-order valence-electron chi connectivity index (χ2n) is 4.54. The minimum Gasteiger partial charge on any atom is -0.352 e. The topological polar surface area (TPSA) is 64.9 Å². The summed E-state index contributed by atoms with van der Waals surface area (Å²) in [5.74, 6) is 0.123. The molecule has 1 heterocycles. The van der Waals surface area contributed by atoms with Crippen LogP contribution < -0.4 is 10.6 Å². The number of nitrogens with one attached hydrogen (secondary N) is 2. The van der Waals surface area contributed by atoms with Crippen molar-refractivity contribution in [3.8, 4) is 6.07 Å². The summed E-state index contributed by atoms with van der Waals surface area (Å²) in [7, 11) is 0. The fourth-order valence-corrected chi connectivity index (χ4v) is 2.20. The zero-order valence-electron chi connectivity index (χ0n) is 10.2. The molecule has 1 aromatic carbocycles. The number of amides is 1. The molecule has 2 rings (SSSR count). The minimum absolute atomic E-state index is 0.0358. The SMILES string of the molecule is N#CCC(NCC1CCC(=O)N1)c1ccccc1. The molecular formula is C14H17N3O. The first kappa shape index (κ1) is 12.6. The quantitative estimate of drug-likeness (QED) is 0.824. The Morgan fingerprint density at radius 3 is 2.83 bits per heavy atom. The summed E-state index contributed by atoms with van der Waals surface area (Å²) >= 11 is 0. The van der Waals surface area contributed by atoms with Crippen LogP contribution in [0.4, 0.5) is 0 Å². The average molecular weight is 243 g/mol. The van der Waals surface area contributed by atoms with Crippen LogP contribution in [0.1, 0.15) is 30.9 Å². The van der Waals surface area contributed by atoms with Crippen LogP contribution in [0.5, 0.6) is 0 Å². The second-order valence-corrected chi connectivity index (χ2v) is 4.54. The van der Waals surface area contributed by atoms with Gasteiger partial charge in [0, 0.05) is 25.0 Å². The van der Waals surface area contributed by atoms with Gasteiger partial charge >= 0.3 is 0 Å². The van der Waals surface area contributed by atoms with Gasteiger partial charge in [-0.05, 0) is 12.0 Å². The highest BCUT2D eigenvalue weighted by molar-refractivity contribution is 5.78. The highest BCUT2D eigenvalue weighted by Gasteiger charge is 2.21. The van der Waals surface area contributed by atoms with E-state index < -0.39 is 0 Å². The monoisotopic (exact) mass is 243 g/mol. The molecule has 94 valence electrons. The van der Waals surface area contributed by atoms with Gasteiger partial charge in [0.2, 0.25) is 5.91 Å². The van der Waals surface area contributed by atoms with Gasteiger partial charge in [-0.15, -0.1) is 0 Å². The maximum Gasteiger partial charge on any atom is 0.220 e. The van der Waals surface area contributed by atoms with Gasteiger partial charge < -0.3 is 10.6 Å². The van der Waals surface area contributed by atoms with Crippen molar-refractivity contribution < 1.29 is 4.79 Å². The van der Waals surface area contributed by atoms with E-state index in [0.29, 0.717) is 19.4 Å². The number of rotatable bonds is 5. The molecule has 0 bridgehead atoms. The lowest BCUT2D eigenvalue weighted by Crippen LogP contribution is -2.37. The molecule has 4 nitrogen and oxygen atoms in total. The van der Waals surface area contributed by atoms with Crippen molar-refractivity contribution in [1.82, 2.24) is 10.6 Å². The molecular weight excluding hydrogens is 226 g/mol. The summed E-state index contributed by atoms with van der Waals surface area (Å²) in [6, 6.07) is 12.4. The van der Waals surface area contributed by atoms with Crippen LogP contribution in [-0.4, -0.2) is 18.5 Å². The van der Waals surface area contributed by atoms with E-state index in [1.165, 1.54) is 0 Å². The van der Waals surface area contributed by atoms with E-state index in [0.717, 1.165) is 12.0 Å². The predicted molar refractivity (Wildman–Crippen MR) is 68.6 cm³/mol. The van der Waals surface area contributed by atoms with Gasteiger partial charge in [-0.25, -0.2) is 0 Å². The van der Waals surface area contributed by atoms with Crippen molar-refractivity contribution in [3.63, 3.8) is 0 Å². The molecule has 0 radical (unpaired) electrons. The van der Waals surface area contributed by atoms with Crippen LogP contribution in [0.3, 0.4) is 0 Å². The fourth-order valence-electron chi connectivity index (χ4n) is 2.20. The number of carbonyl (C=O) groups is 1. The second kappa shape index (κ2) is 6.18.